The summed E-state index contributed by atoms with van der Waals surface area (Å²) in [5.41, 5.74) is 2.36. The van der Waals surface area contributed by atoms with Crippen molar-refractivity contribution in [3.8, 4) is 0 Å². The van der Waals surface area contributed by atoms with Gasteiger partial charge in [-0.3, -0.25) is 9.67 Å². The second-order valence-corrected chi connectivity index (χ2v) is 5.67. The van der Waals surface area contributed by atoms with Crippen LogP contribution in [-0.2, 0) is 13.1 Å². The Morgan fingerprint density at radius 1 is 1.36 bits per heavy atom. The molecule has 2 rings (SSSR count). The molecule has 6 heteroatoms. The van der Waals surface area contributed by atoms with Crippen molar-refractivity contribution in [1.29, 1.82) is 0 Å². The number of hydrogen-bond acceptors (Lipinski definition) is 2. The van der Waals surface area contributed by atoms with Crippen molar-refractivity contribution >= 4 is 17.6 Å². The molecule has 0 radical (unpaired) electrons. The Balaban J connectivity index is 1.83. The number of nitrogens with zero attached hydrogens (tertiary/aromatic N) is 4. The van der Waals surface area contributed by atoms with Crippen molar-refractivity contribution in [3.63, 3.8) is 0 Å². The maximum Gasteiger partial charge on any atom is 0.193 e. The van der Waals surface area contributed by atoms with Crippen molar-refractivity contribution < 1.29 is 0 Å². The highest BCUT2D eigenvalue weighted by atomic mass is 35.5. The van der Waals surface area contributed by atoms with E-state index in [0.717, 1.165) is 30.6 Å². The van der Waals surface area contributed by atoms with Gasteiger partial charge in [0.1, 0.15) is 0 Å². The summed E-state index contributed by atoms with van der Waals surface area (Å²) in [5, 5.41) is 8.37. The standard InChI is InChI=1S/C16H22ClN5/c1-13-10-20-22(11-13)9-8-19-16(18-2)21(3)12-14-4-6-15(17)7-5-14/h4-7,10-11H,8-9,12H2,1-3H3,(H,18,19). The average Bonchev–Trinajstić information content (AvgIpc) is 2.91. The van der Waals surface area contributed by atoms with Crippen LogP contribution in [0.2, 0.25) is 5.02 Å². The number of aryl methyl sites for hydroxylation is 1. The molecule has 0 aliphatic carbocycles. The van der Waals surface area contributed by atoms with Crippen LogP contribution < -0.4 is 5.32 Å². The Morgan fingerprint density at radius 3 is 2.68 bits per heavy atom. The highest BCUT2D eigenvalue weighted by Gasteiger charge is 2.06. The molecule has 2 aromatic rings. The fourth-order valence-corrected chi connectivity index (χ4v) is 2.32. The van der Waals surface area contributed by atoms with E-state index in [0.29, 0.717) is 0 Å². The van der Waals surface area contributed by atoms with Gasteiger partial charge in [-0.15, -0.1) is 0 Å². The summed E-state index contributed by atoms with van der Waals surface area (Å²) in [7, 11) is 3.81. The van der Waals surface area contributed by atoms with E-state index in [2.05, 4.69) is 20.3 Å². The predicted molar refractivity (Wildman–Crippen MR) is 91.2 cm³/mol. The molecule has 0 amide bonds. The molecule has 0 unspecified atom stereocenters. The predicted octanol–water partition coefficient (Wildman–Crippen LogP) is 2.55. The van der Waals surface area contributed by atoms with E-state index in [1.165, 1.54) is 11.1 Å². The molecule has 1 aromatic carbocycles. The third-order valence-electron chi connectivity index (χ3n) is 3.29. The van der Waals surface area contributed by atoms with E-state index < -0.39 is 0 Å². The van der Waals surface area contributed by atoms with E-state index >= 15 is 0 Å². The van der Waals surface area contributed by atoms with E-state index in [4.69, 9.17) is 11.6 Å². The van der Waals surface area contributed by atoms with Crippen LogP contribution >= 0.6 is 11.6 Å². The Bertz CT molecular complexity index is 618. The molecule has 0 fully saturated rings. The number of nitrogens with one attached hydrogen (secondary N) is 1. The molecule has 0 saturated heterocycles. The maximum atomic E-state index is 5.91. The van der Waals surface area contributed by atoms with Gasteiger partial charge >= 0.3 is 0 Å². The molecule has 22 heavy (non-hydrogen) atoms. The summed E-state index contributed by atoms with van der Waals surface area (Å²) in [4.78, 5) is 6.39. The first-order valence-corrected chi connectivity index (χ1v) is 7.61. The minimum atomic E-state index is 0.753. The van der Waals surface area contributed by atoms with Gasteiger partial charge in [0.15, 0.2) is 5.96 Å². The second-order valence-electron chi connectivity index (χ2n) is 5.24. The molecule has 0 atom stereocenters. The molecular formula is C16H22ClN5. The summed E-state index contributed by atoms with van der Waals surface area (Å²) in [5.74, 6) is 0.860. The molecule has 0 spiro atoms. The van der Waals surface area contributed by atoms with Gasteiger partial charge in [-0.2, -0.15) is 5.10 Å². The van der Waals surface area contributed by atoms with Crippen LogP contribution in [0.25, 0.3) is 0 Å². The van der Waals surface area contributed by atoms with Crippen molar-refractivity contribution in [3.05, 3.63) is 52.8 Å². The fourth-order valence-electron chi connectivity index (χ4n) is 2.19. The highest BCUT2D eigenvalue weighted by Crippen LogP contribution is 2.10. The smallest absolute Gasteiger partial charge is 0.193 e. The number of aromatic nitrogens is 2. The average molecular weight is 320 g/mol. The van der Waals surface area contributed by atoms with E-state index in [1.807, 2.05) is 55.3 Å². The van der Waals surface area contributed by atoms with E-state index in [-0.39, 0.29) is 0 Å². The highest BCUT2D eigenvalue weighted by molar-refractivity contribution is 6.30. The quantitative estimate of drug-likeness (QED) is 0.680. The van der Waals surface area contributed by atoms with Gasteiger partial charge in [0.2, 0.25) is 0 Å². The lowest BCUT2D eigenvalue weighted by Crippen LogP contribution is -2.39. The summed E-state index contributed by atoms with van der Waals surface area (Å²) in [6.45, 7) is 4.40. The monoisotopic (exact) mass is 319 g/mol. The molecule has 0 aliphatic rings. The van der Waals surface area contributed by atoms with Crippen LogP contribution in [0, 0.1) is 6.92 Å². The minimum Gasteiger partial charge on any atom is -0.354 e. The van der Waals surface area contributed by atoms with Crippen LogP contribution in [-0.4, -0.2) is 41.3 Å². The lowest BCUT2D eigenvalue weighted by Gasteiger charge is -2.22. The van der Waals surface area contributed by atoms with Crippen LogP contribution in [0.5, 0.6) is 0 Å². The Labute approximate surface area is 136 Å². The molecule has 0 bridgehead atoms. The molecular weight excluding hydrogens is 298 g/mol. The lowest BCUT2D eigenvalue weighted by molar-refractivity contribution is 0.470. The molecule has 0 aliphatic heterocycles. The van der Waals surface area contributed by atoms with E-state index in [1.54, 1.807) is 7.05 Å². The summed E-state index contributed by atoms with van der Waals surface area (Å²) in [6, 6.07) is 7.86. The molecule has 0 saturated carbocycles. The van der Waals surface area contributed by atoms with Crippen LogP contribution in [0.3, 0.4) is 0 Å². The third-order valence-corrected chi connectivity index (χ3v) is 3.54. The first-order chi connectivity index (χ1) is 10.6. The number of hydrogen-bond donors (Lipinski definition) is 1. The van der Waals surface area contributed by atoms with Crippen molar-refractivity contribution in [2.24, 2.45) is 4.99 Å². The normalized spacial score (nSPS) is 11.5. The Kier molecular flexibility index (Phi) is 5.83. The van der Waals surface area contributed by atoms with Gasteiger partial charge in [0.25, 0.3) is 0 Å². The zero-order valence-corrected chi connectivity index (χ0v) is 14.0. The molecule has 118 valence electrons. The lowest BCUT2D eigenvalue weighted by atomic mass is 10.2. The second kappa shape index (κ2) is 7.84. The van der Waals surface area contributed by atoms with Gasteiger partial charge in [0, 0.05) is 38.4 Å². The zero-order valence-electron chi connectivity index (χ0n) is 13.3. The third kappa shape index (κ3) is 4.77. The number of aliphatic imine (C=N–C) groups is 1. The minimum absolute atomic E-state index is 0.753. The van der Waals surface area contributed by atoms with Gasteiger partial charge < -0.3 is 10.2 Å². The van der Waals surface area contributed by atoms with Gasteiger partial charge in [-0.05, 0) is 30.2 Å². The molecule has 5 nitrogen and oxygen atoms in total. The van der Waals surface area contributed by atoms with Crippen molar-refractivity contribution in [1.82, 2.24) is 20.0 Å². The molecule has 1 aromatic heterocycles. The van der Waals surface area contributed by atoms with E-state index in [9.17, 15) is 0 Å². The summed E-state index contributed by atoms with van der Waals surface area (Å²) in [6.07, 6.45) is 3.89. The molecule has 1 N–H and O–H groups in total. The SMILES string of the molecule is CN=C(NCCn1cc(C)cn1)N(C)Cc1ccc(Cl)cc1. The largest absolute Gasteiger partial charge is 0.354 e. The van der Waals surface area contributed by atoms with Crippen LogP contribution in [0.4, 0.5) is 0 Å². The van der Waals surface area contributed by atoms with Gasteiger partial charge in [0.05, 0.1) is 12.7 Å². The topological polar surface area (TPSA) is 45.5 Å². The zero-order chi connectivity index (χ0) is 15.9. The molecule has 1 heterocycles. The Morgan fingerprint density at radius 2 is 2.09 bits per heavy atom. The van der Waals surface area contributed by atoms with Gasteiger partial charge in [-0.25, -0.2) is 0 Å². The number of guanidine groups is 1. The summed E-state index contributed by atoms with van der Waals surface area (Å²) < 4.78 is 1.93. The maximum absolute atomic E-state index is 5.91. The summed E-state index contributed by atoms with van der Waals surface area (Å²) >= 11 is 5.91. The van der Waals surface area contributed by atoms with Crippen LogP contribution in [0.1, 0.15) is 11.1 Å². The first kappa shape index (κ1) is 16.4. The fraction of sp³-hybridized carbons (Fsp3) is 0.375. The van der Waals surface area contributed by atoms with Crippen molar-refractivity contribution in [2.45, 2.75) is 20.0 Å². The van der Waals surface area contributed by atoms with Crippen LogP contribution in [0.15, 0.2) is 41.7 Å². The van der Waals surface area contributed by atoms with Crippen molar-refractivity contribution in [2.75, 3.05) is 20.6 Å². The number of benzene rings is 1. The number of halogens is 1. The number of rotatable bonds is 5. The van der Waals surface area contributed by atoms with Gasteiger partial charge in [-0.1, -0.05) is 23.7 Å². The Hall–Kier alpha value is -2.01. The first-order valence-electron chi connectivity index (χ1n) is 7.24.